The molecule has 2 amide bonds. The number of amides is 2. The van der Waals surface area contributed by atoms with Gasteiger partial charge < -0.3 is 19.9 Å². The van der Waals surface area contributed by atoms with Crippen LogP contribution in [0.25, 0.3) is 11.1 Å². The number of fused-ring (bicyclic) bond motifs is 2. The van der Waals surface area contributed by atoms with E-state index in [1.165, 1.54) is 5.56 Å². The minimum absolute atomic E-state index is 0.0820. The number of rotatable bonds is 5. The number of carbonyl (C=O) groups excluding carboxylic acids is 2. The average Bonchev–Trinajstić information content (AvgIpc) is 3.29. The molecule has 1 aliphatic rings. The maximum atomic E-state index is 14.0. The zero-order valence-corrected chi connectivity index (χ0v) is 23.1. The first-order chi connectivity index (χ1) is 19.9. The number of aryl methyl sites for hydroxylation is 2. The minimum Gasteiger partial charge on any atom is -0.508 e. The normalized spacial score (nSPS) is 12.3. The van der Waals surface area contributed by atoms with Crippen LogP contribution in [0.5, 0.6) is 5.75 Å². The number of aromatic hydroxyl groups is 1. The predicted molar refractivity (Wildman–Crippen MR) is 161 cm³/mol. The van der Waals surface area contributed by atoms with Crippen LogP contribution in [-0.4, -0.2) is 21.5 Å². The Morgan fingerprint density at radius 3 is 2.37 bits per heavy atom. The first-order valence-electron chi connectivity index (χ1n) is 13.7. The zero-order chi connectivity index (χ0) is 28.5. The molecule has 2 N–H and O–H groups in total. The number of nitrogens with one attached hydrogen (secondary N) is 1. The van der Waals surface area contributed by atoms with Crippen molar-refractivity contribution in [1.82, 2.24) is 9.88 Å². The van der Waals surface area contributed by atoms with Gasteiger partial charge in [-0.15, -0.1) is 0 Å². The second-order valence-corrected chi connectivity index (χ2v) is 10.5. The maximum absolute atomic E-state index is 14.0. The molecule has 0 fully saturated rings. The summed E-state index contributed by atoms with van der Waals surface area (Å²) < 4.78 is 1.98. The quantitative estimate of drug-likeness (QED) is 0.263. The number of para-hydroxylation sites is 1. The van der Waals surface area contributed by atoms with E-state index >= 15 is 0 Å². The van der Waals surface area contributed by atoms with E-state index < -0.39 is 0 Å². The van der Waals surface area contributed by atoms with Crippen LogP contribution in [0.3, 0.4) is 0 Å². The van der Waals surface area contributed by atoms with Crippen molar-refractivity contribution in [3.63, 3.8) is 0 Å². The number of aromatic nitrogens is 1. The van der Waals surface area contributed by atoms with E-state index in [1.807, 2.05) is 89.2 Å². The lowest BCUT2D eigenvalue weighted by Crippen LogP contribution is -2.30. The molecule has 1 aromatic heterocycles. The molecule has 6 rings (SSSR count). The van der Waals surface area contributed by atoms with E-state index in [4.69, 9.17) is 0 Å². The third-order valence-electron chi connectivity index (χ3n) is 7.75. The highest BCUT2D eigenvalue weighted by Crippen LogP contribution is 2.32. The maximum Gasteiger partial charge on any atom is 0.268 e. The number of benzene rings is 4. The Balaban J connectivity index is 1.30. The monoisotopic (exact) mass is 541 g/mol. The molecular weight excluding hydrogens is 510 g/mol. The van der Waals surface area contributed by atoms with Gasteiger partial charge in [0.2, 0.25) is 0 Å². The summed E-state index contributed by atoms with van der Waals surface area (Å²) in [5, 5.41) is 12.7. The lowest BCUT2D eigenvalue weighted by Gasteiger charge is -2.23. The summed E-state index contributed by atoms with van der Waals surface area (Å²) in [5.74, 6) is -0.129. The van der Waals surface area contributed by atoms with Crippen molar-refractivity contribution in [2.24, 2.45) is 0 Å². The van der Waals surface area contributed by atoms with Gasteiger partial charge in [-0.1, -0.05) is 60.7 Å². The highest BCUT2D eigenvalue weighted by molar-refractivity contribution is 6.07. The van der Waals surface area contributed by atoms with Crippen LogP contribution >= 0.6 is 0 Å². The highest BCUT2D eigenvalue weighted by atomic mass is 16.3. The van der Waals surface area contributed by atoms with Crippen LogP contribution in [0.4, 0.5) is 5.69 Å². The van der Waals surface area contributed by atoms with Gasteiger partial charge in [0.1, 0.15) is 11.4 Å². The molecule has 6 heteroatoms. The number of carbonyl (C=O) groups is 2. The second-order valence-electron chi connectivity index (χ2n) is 10.5. The van der Waals surface area contributed by atoms with Gasteiger partial charge in [0.15, 0.2) is 0 Å². The SMILES string of the molecule is Cc1ccccc1-c1ccc(C(=O)N2Cc3ccc(C(=O)NCc4cccc(O)c4)n3Cc3ccccc32)cc1C. The Kier molecular flexibility index (Phi) is 6.89. The second kappa shape index (κ2) is 10.8. The Hall–Kier alpha value is -5.10. The molecule has 0 radical (unpaired) electrons. The van der Waals surface area contributed by atoms with E-state index in [2.05, 4.69) is 24.4 Å². The van der Waals surface area contributed by atoms with Gasteiger partial charge in [-0.05, 0) is 89.7 Å². The van der Waals surface area contributed by atoms with E-state index in [0.717, 1.165) is 39.2 Å². The first-order valence-corrected chi connectivity index (χ1v) is 13.7. The Labute approximate surface area is 239 Å². The molecule has 0 bridgehead atoms. The van der Waals surface area contributed by atoms with E-state index in [9.17, 15) is 14.7 Å². The van der Waals surface area contributed by atoms with Gasteiger partial charge in [0.05, 0.1) is 13.1 Å². The highest BCUT2D eigenvalue weighted by Gasteiger charge is 2.27. The molecule has 204 valence electrons. The molecule has 6 nitrogen and oxygen atoms in total. The molecular formula is C35H31N3O3. The fourth-order valence-corrected chi connectivity index (χ4v) is 5.61. The molecule has 0 atom stereocenters. The summed E-state index contributed by atoms with van der Waals surface area (Å²) in [7, 11) is 0. The fraction of sp³-hybridized carbons (Fsp3) is 0.143. The Bertz CT molecular complexity index is 1790. The van der Waals surface area contributed by atoms with Crippen LogP contribution < -0.4 is 10.2 Å². The summed E-state index contributed by atoms with van der Waals surface area (Å²) in [6.45, 7) is 5.25. The van der Waals surface area contributed by atoms with Crippen LogP contribution in [0.1, 0.15) is 48.8 Å². The zero-order valence-electron chi connectivity index (χ0n) is 23.1. The number of phenols is 1. The largest absolute Gasteiger partial charge is 0.508 e. The van der Waals surface area contributed by atoms with Gasteiger partial charge in [0.25, 0.3) is 11.8 Å². The van der Waals surface area contributed by atoms with Gasteiger partial charge in [-0.2, -0.15) is 0 Å². The standard InChI is InChI=1S/C35H31N3O3/c1-23-8-3-5-12-30(23)31-16-14-26(18-24(31)2)35(41)38-22-28-15-17-33(37(28)21-27-10-4-6-13-32(27)38)34(40)36-20-25-9-7-11-29(39)19-25/h3-19,39H,20-22H2,1-2H3,(H,36,40). The first kappa shape index (κ1) is 26.1. The van der Waals surface area contributed by atoms with E-state index in [-0.39, 0.29) is 17.6 Å². The Morgan fingerprint density at radius 1 is 0.780 bits per heavy atom. The Morgan fingerprint density at radius 2 is 1.56 bits per heavy atom. The summed E-state index contributed by atoms with van der Waals surface area (Å²) in [5.41, 5.74) is 9.17. The number of anilines is 1. The van der Waals surface area contributed by atoms with Crippen LogP contribution in [0.2, 0.25) is 0 Å². The topological polar surface area (TPSA) is 74.6 Å². The van der Waals surface area contributed by atoms with Crippen molar-refractivity contribution in [2.75, 3.05) is 4.90 Å². The molecule has 1 aliphatic heterocycles. The molecule has 0 saturated heterocycles. The van der Waals surface area contributed by atoms with E-state index in [0.29, 0.717) is 30.9 Å². The lowest BCUT2D eigenvalue weighted by atomic mass is 9.95. The van der Waals surface area contributed by atoms with Crippen LogP contribution in [-0.2, 0) is 19.6 Å². The van der Waals surface area contributed by atoms with Crippen molar-refractivity contribution < 1.29 is 14.7 Å². The van der Waals surface area contributed by atoms with Crippen molar-refractivity contribution in [1.29, 1.82) is 0 Å². The number of nitrogens with zero attached hydrogens (tertiary/aromatic N) is 2. The van der Waals surface area contributed by atoms with Crippen molar-refractivity contribution in [3.05, 3.63) is 142 Å². The van der Waals surface area contributed by atoms with Gasteiger partial charge in [-0.25, -0.2) is 0 Å². The minimum atomic E-state index is -0.209. The summed E-state index contributed by atoms with van der Waals surface area (Å²) in [4.78, 5) is 29.1. The molecule has 41 heavy (non-hydrogen) atoms. The third kappa shape index (κ3) is 5.12. The van der Waals surface area contributed by atoms with E-state index in [1.54, 1.807) is 18.2 Å². The number of hydrogen-bond acceptors (Lipinski definition) is 3. The molecule has 5 aromatic rings. The van der Waals surface area contributed by atoms with Gasteiger partial charge in [0, 0.05) is 23.5 Å². The molecule has 4 aromatic carbocycles. The number of hydrogen-bond donors (Lipinski definition) is 2. The van der Waals surface area contributed by atoms with Gasteiger partial charge in [-0.3, -0.25) is 9.59 Å². The molecule has 2 heterocycles. The lowest BCUT2D eigenvalue weighted by molar-refractivity contribution is 0.0941. The molecule has 0 unspecified atom stereocenters. The predicted octanol–water partition coefficient (Wildman–Crippen LogP) is 6.62. The fourth-order valence-electron chi connectivity index (χ4n) is 5.61. The number of phenolic OH excluding ortho intramolecular Hbond substituents is 1. The molecule has 0 saturated carbocycles. The average molecular weight is 542 g/mol. The smallest absolute Gasteiger partial charge is 0.268 e. The third-order valence-corrected chi connectivity index (χ3v) is 7.75. The summed E-state index contributed by atoms with van der Waals surface area (Å²) in [6, 6.07) is 32.6. The summed E-state index contributed by atoms with van der Waals surface area (Å²) in [6.07, 6.45) is 0. The molecule has 0 aliphatic carbocycles. The van der Waals surface area contributed by atoms with Crippen molar-refractivity contribution in [2.45, 2.75) is 33.5 Å². The van der Waals surface area contributed by atoms with Crippen molar-refractivity contribution in [3.8, 4) is 16.9 Å². The van der Waals surface area contributed by atoms with Gasteiger partial charge >= 0.3 is 0 Å². The van der Waals surface area contributed by atoms with Crippen LogP contribution in [0, 0.1) is 13.8 Å². The summed E-state index contributed by atoms with van der Waals surface area (Å²) >= 11 is 0. The molecule has 0 spiro atoms. The van der Waals surface area contributed by atoms with Crippen molar-refractivity contribution >= 4 is 17.5 Å². The van der Waals surface area contributed by atoms with Crippen LogP contribution in [0.15, 0.2) is 103 Å².